The molecular weight excluding hydrogens is 344 g/mol. The van der Waals surface area contributed by atoms with Crippen molar-refractivity contribution in [1.29, 1.82) is 0 Å². The van der Waals surface area contributed by atoms with Crippen molar-refractivity contribution in [3.05, 3.63) is 77.5 Å². The fraction of sp³-hybridized carbons (Fsp3) is 0.400. The van der Waals surface area contributed by atoms with Crippen LogP contribution in [0.5, 0.6) is 0 Å². The monoisotopic (exact) mass is 374 g/mol. The zero-order valence-corrected chi connectivity index (χ0v) is 17.1. The van der Waals surface area contributed by atoms with Crippen molar-refractivity contribution in [1.82, 2.24) is 9.78 Å². The van der Waals surface area contributed by atoms with Crippen molar-refractivity contribution in [2.24, 2.45) is 5.92 Å². The zero-order chi connectivity index (χ0) is 19.5. The molecule has 2 aromatic carbocycles. The molecule has 1 aliphatic rings. The number of fused-ring (bicyclic) bond motifs is 1. The highest BCUT2D eigenvalue weighted by atomic mass is 16.5. The SMILES string of the molecule is CC(C)[C@@H]1CC[C@@H](C)c2c1nn(COCc1ccccc1)c2-c1ccccc1. The Hall–Kier alpha value is -2.39. The van der Waals surface area contributed by atoms with Crippen LogP contribution in [0.1, 0.15) is 62.3 Å². The van der Waals surface area contributed by atoms with Crippen molar-refractivity contribution in [3.63, 3.8) is 0 Å². The van der Waals surface area contributed by atoms with Gasteiger partial charge in [0.25, 0.3) is 0 Å². The van der Waals surface area contributed by atoms with E-state index in [9.17, 15) is 0 Å². The number of hydrogen-bond acceptors (Lipinski definition) is 2. The highest BCUT2D eigenvalue weighted by molar-refractivity contribution is 5.66. The smallest absolute Gasteiger partial charge is 0.140 e. The summed E-state index contributed by atoms with van der Waals surface area (Å²) in [5.74, 6) is 1.66. The highest BCUT2D eigenvalue weighted by Crippen LogP contribution is 2.45. The highest BCUT2D eigenvalue weighted by Gasteiger charge is 2.33. The van der Waals surface area contributed by atoms with Crippen LogP contribution >= 0.6 is 0 Å². The van der Waals surface area contributed by atoms with E-state index in [4.69, 9.17) is 9.84 Å². The number of aromatic nitrogens is 2. The minimum absolute atomic E-state index is 0.476. The Morgan fingerprint density at radius 3 is 2.36 bits per heavy atom. The van der Waals surface area contributed by atoms with Gasteiger partial charge in [0.1, 0.15) is 6.73 Å². The Morgan fingerprint density at radius 2 is 1.68 bits per heavy atom. The van der Waals surface area contributed by atoms with Gasteiger partial charge in [-0.3, -0.25) is 0 Å². The van der Waals surface area contributed by atoms with Crippen LogP contribution in [0.3, 0.4) is 0 Å². The minimum Gasteiger partial charge on any atom is -0.355 e. The van der Waals surface area contributed by atoms with Crippen LogP contribution in [-0.4, -0.2) is 9.78 Å². The summed E-state index contributed by atoms with van der Waals surface area (Å²) in [7, 11) is 0. The van der Waals surface area contributed by atoms with Gasteiger partial charge in [-0.25, -0.2) is 4.68 Å². The van der Waals surface area contributed by atoms with Gasteiger partial charge in [-0.15, -0.1) is 0 Å². The molecule has 146 valence electrons. The Kier molecular flexibility index (Phi) is 5.63. The average Bonchev–Trinajstić information content (AvgIpc) is 3.09. The van der Waals surface area contributed by atoms with Gasteiger partial charge in [-0.2, -0.15) is 5.10 Å². The maximum Gasteiger partial charge on any atom is 0.140 e. The molecule has 0 radical (unpaired) electrons. The Labute approximate surface area is 168 Å². The average molecular weight is 375 g/mol. The molecule has 0 amide bonds. The molecule has 0 unspecified atom stereocenters. The predicted octanol–water partition coefficient (Wildman–Crippen LogP) is 6.36. The van der Waals surface area contributed by atoms with Crippen molar-refractivity contribution in [2.75, 3.05) is 0 Å². The van der Waals surface area contributed by atoms with Crippen molar-refractivity contribution in [2.45, 2.75) is 58.8 Å². The first-order chi connectivity index (χ1) is 13.6. The van der Waals surface area contributed by atoms with Crippen LogP contribution in [0.25, 0.3) is 11.3 Å². The molecule has 0 saturated carbocycles. The molecule has 0 fully saturated rings. The third-order valence-electron chi connectivity index (χ3n) is 5.95. The first-order valence-electron chi connectivity index (χ1n) is 10.4. The number of rotatable bonds is 6. The molecule has 0 aliphatic heterocycles. The van der Waals surface area contributed by atoms with E-state index < -0.39 is 0 Å². The molecule has 2 atom stereocenters. The lowest BCUT2D eigenvalue weighted by molar-refractivity contribution is 0.0568. The summed E-state index contributed by atoms with van der Waals surface area (Å²) in [6.07, 6.45) is 2.45. The maximum absolute atomic E-state index is 6.08. The Bertz CT molecular complexity index is 899. The summed E-state index contributed by atoms with van der Waals surface area (Å²) in [5.41, 5.74) is 6.38. The summed E-state index contributed by atoms with van der Waals surface area (Å²) in [6.45, 7) is 8.06. The van der Waals surface area contributed by atoms with Gasteiger partial charge in [-0.05, 0) is 30.2 Å². The normalized spacial score (nSPS) is 19.0. The van der Waals surface area contributed by atoms with E-state index in [1.807, 2.05) is 6.07 Å². The number of hydrogen-bond donors (Lipinski definition) is 0. The van der Waals surface area contributed by atoms with E-state index >= 15 is 0 Å². The molecule has 0 spiro atoms. The molecule has 3 heteroatoms. The zero-order valence-electron chi connectivity index (χ0n) is 17.1. The van der Waals surface area contributed by atoms with Crippen LogP contribution < -0.4 is 0 Å². The fourth-order valence-corrected chi connectivity index (χ4v) is 4.43. The number of ether oxygens (including phenoxy) is 1. The lowest BCUT2D eigenvalue weighted by atomic mass is 9.75. The number of benzene rings is 2. The molecule has 28 heavy (non-hydrogen) atoms. The van der Waals surface area contributed by atoms with Crippen molar-refractivity contribution >= 4 is 0 Å². The molecule has 1 heterocycles. The topological polar surface area (TPSA) is 27.1 Å². The third kappa shape index (κ3) is 3.77. The van der Waals surface area contributed by atoms with Crippen LogP contribution in [0.15, 0.2) is 60.7 Å². The van der Waals surface area contributed by atoms with Gasteiger partial charge in [-0.1, -0.05) is 81.4 Å². The van der Waals surface area contributed by atoms with Gasteiger partial charge in [0.15, 0.2) is 0 Å². The van der Waals surface area contributed by atoms with E-state index in [1.54, 1.807) is 0 Å². The molecule has 1 aliphatic carbocycles. The quantitative estimate of drug-likeness (QED) is 0.502. The van der Waals surface area contributed by atoms with Gasteiger partial charge in [0.05, 0.1) is 18.0 Å². The summed E-state index contributed by atoms with van der Waals surface area (Å²) in [6, 6.07) is 21.0. The van der Waals surface area contributed by atoms with Crippen LogP contribution in [-0.2, 0) is 18.1 Å². The van der Waals surface area contributed by atoms with E-state index in [-0.39, 0.29) is 0 Å². The fourth-order valence-electron chi connectivity index (χ4n) is 4.43. The van der Waals surface area contributed by atoms with Crippen molar-refractivity contribution < 1.29 is 4.74 Å². The Balaban J connectivity index is 1.69. The second-order valence-corrected chi connectivity index (χ2v) is 8.31. The van der Waals surface area contributed by atoms with Crippen LogP contribution in [0.2, 0.25) is 0 Å². The van der Waals surface area contributed by atoms with Crippen LogP contribution in [0, 0.1) is 5.92 Å². The molecule has 4 rings (SSSR count). The molecule has 0 saturated heterocycles. The summed E-state index contributed by atoms with van der Waals surface area (Å²) < 4.78 is 8.17. The second-order valence-electron chi connectivity index (χ2n) is 8.31. The van der Waals surface area contributed by atoms with E-state index in [0.29, 0.717) is 31.1 Å². The lowest BCUT2D eigenvalue weighted by Gasteiger charge is -2.29. The minimum atomic E-state index is 0.476. The standard InChI is InChI=1S/C25H30N2O/c1-18(2)22-15-14-19(3)23-24(22)26-27(25(23)21-12-8-5-9-13-21)17-28-16-20-10-6-4-7-11-20/h4-13,18-19,22H,14-17H2,1-3H3/t19-,22+/m1/s1. The van der Waals surface area contributed by atoms with Crippen molar-refractivity contribution in [3.8, 4) is 11.3 Å². The van der Waals surface area contributed by atoms with Gasteiger partial charge in [0, 0.05) is 17.0 Å². The molecular formula is C25H30N2O. The summed E-state index contributed by atoms with van der Waals surface area (Å²) in [4.78, 5) is 0. The summed E-state index contributed by atoms with van der Waals surface area (Å²) >= 11 is 0. The first-order valence-corrected chi connectivity index (χ1v) is 10.4. The van der Waals surface area contributed by atoms with Gasteiger partial charge >= 0.3 is 0 Å². The van der Waals surface area contributed by atoms with E-state index in [0.717, 1.165) is 0 Å². The largest absolute Gasteiger partial charge is 0.355 e. The summed E-state index contributed by atoms with van der Waals surface area (Å²) in [5, 5.41) is 5.10. The van der Waals surface area contributed by atoms with E-state index in [2.05, 4.69) is 80.1 Å². The molecule has 0 N–H and O–H groups in total. The molecule has 3 nitrogen and oxygen atoms in total. The lowest BCUT2D eigenvalue weighted by Crippen LogP contribution is -2.16. The third-order valence-corrected chi connectivity index (χ3v) is 5.95. The van der Waals surface area contributed by atoms with E-state index in [1.165, 1.54) is 40.9 Å². The number of nitrogens with zero attached hydrogens (tertiary/aromatic N) is 2. The predicted molar refractivity (Wildman–Crippen MR) is 114 cm³/mol. The first kappa shape index (κ1) is 18.9. The second kappa shape index (κ2) is 8.32. The molecule has 0 bridgehead atoms. The Morgan fingerprint density at radius 1 is 1.00 bits per heavy atom. The van der Waals surface area contributed by atoms with Gasteiger partial charge in [0.2, 0.25) is 0 Å². The molecule has 3 aromatic rings. The van der Waals surface area contributed by atoms with Gasteiger partial charge < -0.3 is 4.74 Å². The molecule has 1 aromatic heterocycles. The maximum atomic E-state index is 6.08. The van der Waals surface area contributed by atoms with Crippen LogP contribution in [0.4, 0.5) is 0 Å².